The van der Waals surface area contributed by atoms with E-state index in [1.54, 1.807) is 0 Å². The molecule has 1 N–H and O–H groups in total. The van der Waals surface area contributed by atoms with Gasteiger partial charge in [0.2, 0.25) is 0 Å². The predicted octanol–water partition coefficient (Wildman–Crippen LogP) is 5.33. The third-order valence-corrected chi connectivity index (χ3v) is 3.67. The maximum atomic E-state index is 14.1. The molecule has 0 aliphatic heterocycles. The van der Waals surface area contributed by atoms with Crippen LogP contribution in [0.1, 0.15) is 31.9 Å². The molecule has 0 unspecified atom stereocenters. The average Bonchev–Trinajstić information content (AvgIpc) is 2.43. The Labute approximate surface area is 133 Å². The molecule has 0 aliphatic rings. The fraction of sp³-hybridized carbons (Fsp3) is 0.235. The number of nitrogens with zero attached hydrogens (tertiary/aromatic N) is 1. The third kappa shape index (κ3) is 4.14. The fourth-order valence-corrected chi connectivity index (χ4v) is 2.30. The van der Waals surface area contributed by atoms with E-state index >= 15 is 0 Å². The summed E-state index contributed by atoms with van der Waals surface area (Å²) in [5.74, 6) is -0.304. The second kappa shape index (κ2) is 6.39. The van der Waals surface area contributed by atoms with E-state index in [2.05, 4.69) is 47.2 Å². The van der Waals surface area contributed by atoms with Crippen LogP contribution in [0.15, 0.2) is 52.0 Å². The Balaban J connectivity index is 2.25. The minimum Gasteiger partial charge on any atom is -0.279 e. The lowest BCUT2D eigenvalue weighted by Crippen LogP contribution is -2.12. The first kappa shape index (κ1) is 15.7. The number of hydrogen-bond donors (Lipinski definition) is 1. The summed E-state index contributed by atoms with van der Waals surface area (Å²) >= 11 is 3.27. The van der Waals surface area contributed by atoms with Crippen molar-refractivity contribution >= 4 is 27.8 Å². The average molecular weight is 349 g/mol. The lowest BCUT2D eigenvalue weighted by Gasteiger charge is -2.20. The molecule has 0 spiro atoms. The lowest BCUT2D eigenvalue weighted by atomic mass is 9.86. The van der Waals surface area contributed by atoms with Crippen molar-refractivity contribution in [3.63, 3.8) is 0 Å². The van der Waals surface area contributed by atoms with Gasteiger partial charge in [0.05, 0.1) is 16.4 Å². The van der Waals surface area contributed by atoms with Crippen LogP contribution in [0, 0.1) is 5.82 Å². The fourth-order valence-electron chi connectivity index (χ4n) is 1.83. The Kier molecular flexibility index (Phi) is 4.78. The molecule has 2 rings (SSSR count). The van der Waals surface area contributed by atoms with Crippen molar-refractivity contribution in [2.45, 2.75) is 26.2 Å². The normalized spacial score (nSPS) is 11.9. The van der Waals surface area contributed by atoms with Crippen LogP contribution >= 0.6 is 15.9 Å². The Morgan fingerprint density at radius 1 is 1.14 bits per heavy atom. The highest BCUT2D eigenvalue weighted by molar-refractivity contribution is 9.10. The number of hydrazone groups is 1. The first-order chi connectivity index (χ1) is 9.88. The van der Waals surface area contributed by atoms with Crippen LogP contribution in [0.4, 0.5) is 10.1 Å². The van der Waals surface area contributed by atoms with Gasteiger partial charge in [-0.2, -0.15) is 5.10 Å². The zero-order valence-electron chi connectivity index (χ0n) is 12.3. The van der Waals surface area contributed by atoms with Gasteiger partial charge in [-0.1, -0.05) is 39.0 Å². The minimum atomic E-state index is -0.304. The van der Waals surface area contributed by atoms with Crippen molar-refractivity contribution in [1.29, 1.82) is 0 Å². The van der Waals surface area contributed by atoms with Crippen molar-refractivity contribution < 1.29 is 4.39 Å². The van der Waals surface area contributed by atoms with E-state index in [4.69, 9.17) is 0 Å². The van der Waals surface area contributed by atoms with Crippen LogP contribution in [0.25, 0.3) is 0 Å². The molecule has 0 atom stereocenters. The van der Waals surface area contributed by atoms with Gasteiger partial charge < -0.3 is 0 Å². The summed E-state index contributed by atoms with van der Waals surface area (Å²) in [4.78, 5) is 0. The topological polar surface area (TPSA) is 24.4 Å². The molecule has 0 aliphatic carbocycles. The van der Waals surface area contributed by atoms with Gasteiger partial charge in [0.25, 0.3) is 0 Å². The molecule has 0 fully saturated rings. The molecule has 0 saturated carbocycles. The predicted molar refractivity (Wildman–Crippen MR) is 90.5 cm³/mol. The quantitative estimate of drug-likeness (QED) is 0.588. The van der Waals surface area contributed by atoms with Gasteiger partial charge in [-0.15, -0.1) is 0 Å². The molecule has 0 heterocycles. The largest absolute Gasteiger partial charge is 0.279 e. The molecule has 2 aromatic rings. The van der Waals surface area contributed by atoms with Gasteiger partial charge in [-0.3, -0.25) is 5.43 Å². The Morgan fingerprint density at radius 2 is 1.81 bits per heavy atom. The van der Waals surface area contributed by atoms with E-state index in [9.17, 15) is 4.39 Å². The first-order valence-electron chi connectivity index (χ1n) is 6.71. The molecule has 0 bridgehead atoms. The number of anilines is 1. The molecule has 0 aromatic heterocycles. The molecule has 110 valence electrons. The zero-order chi connectivity index (χ0) is 15.5. The van der Waals surface area contributed by atoms with Crippen molar-refractivity contribution in [3.05, 3.63) is 63.9 Å². The summed E-state index contributed by atoms with van der Waals surface area (Å²) < 4.78 is 14.6. The van der Waals surface area contributed by atoms with E-state index in [-0.39, 0.29) is 11.2 Å². The highest BCUT2D eigenvalue weighted by Gasteiger charge is 2.17. The number of hydrogen-bond acceptors (Lipinski definition) is 2. The maximum absolute atomic E-state index is 14.1. The molecule has 2 aromatic carbocycles. The monoisotopic (exact) mass is 348 g/mol. The molecule has 0 radical (unpaired) electrons. The van der Waals surface area contributed by atoms with Crippen LogP contribution in [-0.4, -0.2) is 6.21 Å². The highest BCUT2D eigenvalue weighted by atomic mass is 79.9. The van der Waals surface area contributed by atoms with E-state index in [1.165, 1.54) is 6.21 Å². The summed E-state index contributed by atoms with van der Waals surface area (Å²) in [6, 6.07) is 13.2. The maximum Gasteiger partial charge on any atom is 0.146 e. The van der Waals surface area contributed by atoms with Gasteiger partial charge in [0.15, 0.2) is 0 Å². The van der Waals surface area contributed by atoms with Gasteiger partial charge in [-0.25, -0.2) is 4.39 Å². The Morgan fingerprint density at radius 3 is 2.43 bits per heavy atom. The highest BCUT2D eigenvalue weighted by Crippen LogP contribution is 2.28. The molecule has 0 amide bonds. The minimum absolute atomic E-state index is 0.0499. The molecule has 4 heteroatoms. The number of benzene rings is 2. The van der Waals surface area contributed by atoms with Crippen molar-refractivity contribution in [3.8, 4) is 0 Å². The zero-order valence-corrected chi connectivity index (χ0v) is 13.9. The van der Waals surface area contributed by atoms with Gasteiger partial charge >= 0.3 is 0 Å². The smallest absolute Gasteiger partial charge is 0.146 e. The summed E-state index contributed by atoms with van der Waals surface area (Å²) in [7, 11) is 0. The Bertz CT molecular complexity index is 646. The summed E-state index contributed by atoms with van der Waals surface area (Å²) in [5, 5.41) is 4.10. The van der Waals surface area contributed by atoms with Crippen molar-refractivity contribution in [1.82, 2.24) is 0 Å². The number of halogens is 2. The number of para-hydroxylation sites is 1. The summed E-state index contributed by atoms with van der Waals surface area (Å²) in [6.07, 6.45) is 1.50. The molecular formula is C17H18BrFN2. The third-order valence-electron chi connectivity index (χ3n) is 3.09. The molecule has 21 heavy (non-hydrogen) atoms. The molecule has 0 saturated heterocycles. The Hall–Kier alpha value is -1.68. The van der Waals surface area contributed by atoms with E-state index in [0.29, 0.717) is 10.0 Å². The van der Waals surface area contributed by atoms with Crippen LogP contribution in [-0.2, 0) is 5.41 Å². The number of rotatable bonds is 3. The van der Waals surface area contributed by atoms with E-state index in [1.807, 2.05) is 42.5 Å². The SMILES string of the molecule is CC(C)(C)c1cc(Br)c(F)c(C=NNc2ccccc2)c1. The van der Waals surface area contributed by atoms with Crippen molar-refractivity contribution in [2.24, 2.45) is 5.10 Å². The van der Waals surface area contributed by atoms with Gasteiger partial charge in [0.1, 0.15) is 5.82 Å². The number of nitrogens with one attached hydrogen (secondary N) is 1. The standard InChI is InChI=1S/C17H18BrFN2/c1-17(2,3)13-9-12(16(19)15(18)10-13)11-20-21-14-7-5-4-6-8-14/h4-11,21H,1-3H3. The second-order valence-corrected chi connectivity index (χ2v) is 6.70. The van der Waals surface area contributed by atoms with Crippen LogP contribution in [0.3, 0.4) is 0 Å². The van der Waals surface area contributed by atoms with Gasteiger partial charge in [0, 0.05) is 5.56 Å². The van der Waals surface area contributed by atoms with Crippen LogP contribution in [0.2, 0.25) is 0 Å². The van der Waals surface area contributed by atoms with E-state index in [0.717, 1.165) is 11.3 Å². The van der Waals surface area contributed by atoms with Crippen LogP contribution < -0.4 is 5.43 Å². The summed E-state index contributed by atoms with van der Waals surface area (Å²) in [5.41, 5.74) is 5.21. The first-order valence-corrected chi connectivity index (χ1v) is 7.51. The molecular weight excluding hydrogens is 331 g/mol. The second-order valence-electron chi connectivity index (χ2n) is 5.85. The summed E-state index contributed by atoms with van der Waals surface area (Å²) in [6.45, 7) is 6.28. The van der Waals surface area contributed by atoms with Crippen molar-refractivity contribution in [2.75, 3.05) is 5.43 Å². The van der Waals surface area contributed by atoms with E-state index < -0.39 is 0 Å². The molecule has 2 nitrogen and oxygen atoms in total. The van der Waals surface area contributed by atoms with Gasteiger partial charge in [-0.05, 0) is 51.2 Å². The lowest BCUT2D eigenvalue weighted by molar-refractivity contribution is 0.579. The van der Waals surface area contributed by atoms with Crippen LogP contribution in [0.5, 0.6) is 0 Å².